The van der Waals surface area contributed by atoms with E-state index < -0.39 is 5.82 Å². The number of piperidine rings is 1. The molecule has 2 bridgehead atoms. The molecule has 2 aromatic rings. The molecule has 1 aromatic carbocycles. The minimum atomic E-state index is -0.416. The second kappa shape index (κ2) is 6.92. The lowest BCUT2D eigenvalue weighted by molar-refractivity contribution is 0.00109. The van der Waals surface area contributed by atoms with Crippen LogP contribution in [0.4, 0.5) is 10.1 Å². The Morgan fingerprint density at radius 2 is 1.86 bits per heavy atom. The van der Waals surface area contributed by atoms with Crippen LogP contribution in [0.15, 0.2) is 24.5 Å². The molecule has 2 aliphatic heterocycles. The molecule has 2 N–H and O–H groups in total. The average molecular weight is 385 g/mol. The van der Waals surface area contributed by atoms with Gasteiger partial charge < -0.3 is 15.5 Å². The zero-order valence-corrected chi connectivity index (χ0v) is 16.1. The molecule has 2 aliphatic rings. The van der Waals surface area contributed by atoms with Crippen LogP contribution in [0.25, 0.3) is 0 Å². The molecule has 2 saturated heterocycles. The summed E-state index contributed by atoms with van der Waals surface area (Å²) in [4.78, 5) is 29.8. The SMILES string of the molecule is Cc1cc(C(=O)N2C3CCCC2CN(C(=O)c2cnn(C)c2)C3)c(N)cc1F. The first-order valence-electron chi connectivity index (χ1n) is 9.51. The number of hydrogen-bond acceptors (Lipinski definition) is 4. The number of aromatic nitrogens is 2. The van der Waals surface area contributed by atoms with Gasteiger partial charge >= 0.3 is 0 Å². The Kier molecular flexibility index (Phi) is 4.56. The fourth-order valence-electron chi connectivity index (χ4n) is 4.34. The zero-order chi connectivity index (χ0) is 20.0. The first-order chi connectivity index (χ1) is 13.3. The quantitative estimate of drug-likeness (QED) is 0.801. The fraction of sp³-hybridized carbons (Fsp3) is 0.450. The standard InChI is InChI=1S/C20H24FN5O2/c1-12-6-16(18(22)7-17(12)21)20(28)26-14-4-3-5-15(26)11-25(10-14)19(27)13-8-23-24(2)9-13/h6-9,14-15H,3-5,10-11,22H2,1-2H3. The van der Waals surface area contributed by atoms with Crippen molar-refractivity contribution in [2.75, 3.05) is 18.8 Å². The number of carbonyl (C=O) groups is 2. The third-order valence-electron chi connectivity index (χ3n) is 5.76. The number of fused-ring (bicyclic) bond motifs is 2. The maximum Gasteiger partial charge on any atom is 0.257 e. The minimum Gasteiger partial charge on any atom is -0.398 e. The number of nitrogen functional groups attached to an aromatic ring is 1. The van der Waals surface area contributed by atoms with Gasteiger partial charge in [0.1, 0.15) is 5.82 Å². The summed E-state index contributed by atoms with van der Waals surface area (Å²) < 4.78 is 15.3. The number of amides is 2. The number of likely N-dealkylation sites (tertiary alicyclic amines) is 1. The van der Waals surface area contributed by atoms with Crippen molar-refractivity contribution in [3.05, 3.63) is 47.0 Å². The predicted octanol–water partition coefficient (Wildman–Crippen LogP) is 1.97. The van der Waals surface area contributed by atoms with E-state index in [2.05, 4.69) is 5.10 Å². The van der Waals surface area contributed by atoms with E-state index in [-0.39, 0.29) is 29.6 Å². The van der Waals surface area contributed by atoms with E-state index in [1.54, 1.807) is 31.0 Å². The van der Waals surface area contributed by atoms with Gasteiger partial charge in [-0.1, -0.05) is 0 Å². The molecule has 2 fully saturated rings. The molecule has 0 radical (unpaired) electrons. The van der Waals surface area contributed by atoms with Crippen LogP contribution in [0.2, 0.25) is 0 Å². The van der Waals surface area contributed by atoms with Gasteiger partial charge in [-0.25, -0.2) is 4.39 Å². The molecule has 148 valence electrons. The number of anilines is 1. The summed E-state index contributed by atoms with van der Waals surface area (Å²) in [6.45, 7) is 2.59. The van der Waals surface area contributed by atoms with E-state index >= 15 is 0 Å². The monoisotopic (exact) mass is 385 g/mol. The second-order valence-electron chi connectivity index (χ2n) is 7.75. The van der Waals surface area contributed by atoms with Crippen LogP contribution in [0, 0.1) is 12.7 Å². The fourth-order valence-corrected chi connectivity index (χ4v) is 4.34. The molecule has 2 amide bonds. The third-order valence-corrected chi connectivity index (χ3v) is 5.76. The number of aryl methyl sites for hydroxylation is 2. The lowest BCUT2D eigenvalue weighted by Gasteiger charge is -2.50. The van der Waals surface area contributed by atoms with E-state index in [1.807, 2.05) is 9.80 Å². The molecule has 4 rings (SSSR count). The summed E-state index contributed by atoms with van der Waals surface area (Å²) in [5.74, 6) is -0.654. The van der Waals surface area contributed by atoms with Crippen LogP contribution in [0.5, 0.6) is 0 Å². The average Bonchev–Trinajstić information content (AvgIpc) is 3.09. The molecule has 8 heteroatoms. The molecule has 0 spiro atoms. The van der Waals surface area contributed by atoms with Crippen LogP contribution in [-0.4, -0.2) is 56.6 Å². The highest BCUT2D eigenvalue weighted by Gasteiger charge is 2.42. The number of nitrogens with two attached hydrogens (primary N) is 1. The summed E-state index contributed by atoms with van der Waals surface area (Å²) in [5.41, 5.74) is 7.38. The van der Waals surface area contributed by atoms with Crippen LogP contribution < -0.4 is 5.73 Å². The molecule has 2 atom stereocenters. The van der Waals surface area contributed by atoms with Crippen molar-refractivity contribution in [2.45, 2.75) is 38.3 Å². The Morgan fingerprint density at radius 1 is 1.18 bits per heavy atom. The maximum absolute atomic E-state index is 13.7. The molecule has 28 heavy (non-hydrogen) atoms. The minimum absolute atomic E-state index is 0.0609. The predicted molar refractivity (Wildman–Crippen MR) is 102 cm³/mol. The van der Waals surface area contributed by atoms with E-state index in [9.17, 15) is 14.0 Å². The Bertz CT molecular complexity index is 927. The molecule has 0 aliphatic carbocycles. The molecule has 3 heterocycles. The molecule has 2 unspecified atom stereocenters. The number of rotatable bonds is 2. The van der Waals surface area contributed by atoms with Gasteiger partial charge in [0.2, 0.25) is 0 Å². The lowest BCUT2D eigenvalue weighted by atomic mass is 9.89. The molecular weight excluding hydrogens is 361 g/mol. The van der Waals surface area contributed by atoms with Crippen LogP contribution in [0.1, 0.15) is 45.5 Å². The molecule has 7 nitrogen and oxygen atoms in total. The number of halogens is 1. The largest absolute Gasteiger partial charge is 0.398 e. The summed E-state index contributed by atoms with van der Waals surface area (Å²) in [6.07, 6.45) is 5.96. The van der Waals surface area contributed by atoms with Gasteiger partial charge in [0, 0.05) is 32.0 Å². The van der Waals surface area contributed by atoms with Gasteiger partial charge in [-0.3, -0.25) is 14.3 Å². The van der Waals surface area contributed by atoms with Gasteiger partial charge in [-0.15, -0.1) is 0 Å². The highest BCUT2D eigenvalue weighted by atomic mass is 19.1. The van der Waals surface area contributed by atoms with Crippen molar-refractivity contribution in [3.63, 3.8) is 0 Å². The summed E-state index contributed by atoms with van der Waals surface area (Å²) in [5, 5.41) is 4.07. The normalized spacial score (nSPS) is 21.7. The Labute approximate surface area is 162 Å². The number of nitrogens with zero attached hydrogens (tertiary/aromatic N) is 4. The second-order valence-corrected chi connectivity index (χ2v) is 7.75. The van der Waals surface area contributed by atoms with Crippen molar-refractivity contribution in [2.24, 2.45) is 7.05 Å². The van der Waals surface area contributed by atoms with Crippen molar-refractivity contribution in [3.8, 4) is 0 Å². The van der Waals surface area contributed by atoms with Crippen molar-refractivity contribution in [1.29, 1.82) is 0 Å². The van der Waals surface area contributed by atoms with Crippen LogP contribution in [-0.2, 0) is 7.05 Å². The van der Waals surface area contributed by atoms with Crippen molar-refractivity contribution in [1.82, 2.24) is 19.6 Å². The first-order valence-corrected chi connectivity index (χ1v) is 9.51. The van der Waals surface area contributed by atoms with Crippen molar-refractivity contribution >= 4 is 17.5 Å². The van der Waals surface area contributed by atoms with E-state index in [1.165, 1.54) is 12.1 Å². The Hall–Kier alpha value is -2.90. The van der Waals surface area contributed by atoms with Gasteiger partial charge in [0.15, 0.2) is 0 Å². The van der Waals surface area contributed by atoms with Gasteiger partial charge in [0.25, 0.3) is 11.8 Å². The lowest BCUT2D eigenvalue weighted by Crippen LogP contribution is -2.63. The molecule has 0 saturated carbocycles. The maximum atomic E-state index is 13.7. The molecule has 1 aromatic heterocycles. The Balaban J connectivity index is 1.58. The van der Waals surface area contributed by atoms with Crippen LogP contribution in [0.3, 0.4) is 0 Å². The van der Waals surface area contributed by atoms with Crippen LogP contribution >= 0.6 is 0 Å². The van der Waals surface area contributed by atoms with Gasteiger partial charge in [0.05, 0.1) is 29.4 Å². The summed E-state index contributed by atoms with van der Waals surface area (Å²) in [7, 11) is 1.78. The van der Waals surface area contributed by atoms with E-state index in [4.69, 9.17) is 5.73 Å². The topological polar surface area (TPSA) is 84.5 Å². The summed E-state index contributed by atoms with van der Waals surface area (Å²) in [6, 6.07) is 2.60. The van der Waals surface area contributed by atoms with E-state index in [0.29, 0.717) is 29.8 Å². The van der Waals surface area contributed by atoms with Gasteiger partial charge in [-0.2, -0.15) is 5.10 Å². The first kappa shape index (κ1) is 18.5. The third kappa shape index (κ3) is 3.12. The number of carbonyl (C=O) groups excluding carboxylic acids is 2. The van der Waals surface area contributed by atoms with E-state index in [0.717, 1.165) is 19.3 Å². The smallest absolute Gasteiger partial charge is 0.257 e. The molecular formula is C20H24FN5O2. The van der Waals surface area contributed by atoms with Gasteiger partial charge in [-0.05, 0) is 43.9 Å². The summed E-state index contributed by atoms with van der Waals surface area (Å²) >= 11 is 0. The van der Waals surface area contributed by atoms with Crippen molar-refractivity contribution < 1.29 is 14.0 Å². The zero-order valence-electron chi connectivity index (χ0n) is 16.1. The Morgan fingerprint density at radius 3 is 2.46 bits per heavy atom. The number of piperazine rings is 1. The highest BCUT2D eigenvalue weighted by Crippen LogP contribution is 2.32. The number of hydrogen-bond donors (Lipinski definition) is 1. The number of benzene rings is 1. The highest BCUT2D eigenvalue weighted by molar-refractivity contribution is 6.00.